The Morgan fingerprint density at radius 1 is 1.03 bits per heavy atom. The number of para-hydroxylation sites is 1. The summed E-state index contributed by atoms with van der Waals surface area (Å²) in [6, 6.07) is 14.9. The molecule has 0 aliphatic heterocycles. The lowest BCUT2D eigenvalue weighted by atomic mass is 10.1. The molecule has 2 aromatic carbocycles. The minimum atomic E-state index is -0.565. The number of rotatable bonds is 13. The Morgan fingerprint density at radius 3 is 2.39 bits per heavy atom. The highest BCUT2D eigenvalue weighted by atomic mass is 19.1. The van der Waals surface area contributed by atoms with Crippen LogP contribution in [0.15, 0.2) is 54.6 Å². The van der Waals surface area contributed by atoms with E-state index < -0.39 is 6.04 Å². The molecule has 0 aliphatic rings. The van der Waals surface area contributed by atoms with Gasteiger partial charge in [0.05, 0.1) is 6.61 Å². The lowest BCUT2D eigenvalue weighted by molar-refractivity contribution is -0.141. The van der Waals surface area contributed by atoms with Gasteiger partial charge in [-0.3, -0.25) is 9.59 Å². The summed E-state index contributed by atoms with van der Waals surface area (Å²) < 4.78 is 19.0. The van der Waals surface area contributed by atoms with E-state index >= 15 is 0 Å². The summed E-state index contributed by atoms with van der Waals surface area (Å²) in [5, 5.41) is 2.94. The second-order valence-corrected chi connectivity index (χ2v) is 7.48. The minimum Gasteiger partial charge on any atom is -0.494 e. The molecule has 1 N–H and O–H groups in total. The average Bonchev–Trinajstić information content (AvgIpc) is 2.78. The number of carbonyl (C=O) groups excluding carboxylic acids is 2. The average molecular weight is 429 g/mol. The van der Waals surface area contributed by atoms with Crippen molar-refractivity contribution in [3.05, 3.63) is 66.0 Å². The fourth-order valence-corrected chi connectivity index (χ4v) is 3.29. The van der Waals surface area contributed by atoms with Gasteiger partial charge < -0.3 is 15.0 Å². The van der Waals surface area contributed by atoms with Gasteiger partial charge in [0.25, 0.3) is 0 Å². The zero-order chi connectivity index (χ0) is 22.5. The van der Waals surface area contributed by atoms with E-state index in [1.807, 2.05) is 37.3 Å². The van der Waals surface area contributed by atoms with Crippen molar-refractivity contribution in [2.75, 3.05) is 13.2 Å². The molecule has 5 nitrogen and oxygen atoms in total. The van der Waals surface area contributed by atoms with Crippen LogP contribution in [-0.2, 0) is 16.1 Å². The van der Waals surface area contributed by atoms with E-state index in [1.54, 1.807) is 17.0 Å². The third kappa shape index (κ3) is 8.40. The van der Waals surface area contributed by atoms with Gasteiger partial charge >= 0.3 is 0 Å². The van der Waals surface area contributed by atoms with Crippen molar-refractivity contribution in [1.82, 2.24) is 10.2 Å². The molecule has 0 fully saturated rings. The zero-order valence-electron chi connectivity index (χ0n) is 18.5. The van der Waals surface area contributed by atoms with Gasteiger partial charge in [-0.15, -0.1) is 0 Å². The molecular formula is C25H33FN2O3. The largest absolute Gasteiger partial charge is 0.494 e. The molecule has 31 heavy (non-hydrogen) atoms. The predicted octanol–water partition coefficient (Wildman–Crippen LogP) is 4.71. The first-order chi connectivity index (χ1) is 15.0. The van der Waals surface area contributed by atoms with Gasteiger partial charge in [-0.25, -0.2) is 4.39 Å². The van der Waals surface area contributed by atoms with Gasteiger partial charge in [-0.05, 0) is 49.1 Å². The summed E-state index contributed by atoms with van der Waals surface area (Å²) in [5.74, 6) is 0.175. The molecule has 0 heterocycles. The van der Waals surface area contributed by atoms with Gasteiger partial charge in [0.15, 0.2) is 0 Å². The Morgan fingerprint density at radius 2 is 1.74 bits per heavy atom. The van der Waals surface area contributed by atoms with Gasteiger partial charge in [0.2, 0.25) is 11.8 Å². The van der Waals surface area contributed by atoms with Gasteiger partial charge in [-0.1, -0.05) is 50.6 Å². The number of unbranched alkanes of at least 4 members (excludes halogenated alkanes) is 1. The number of hydrogen-bond acceptors (Lipinski definition) is 3. The first-order valence-electron chi connectivity index (χ1n) is 11.0. The van der Waals surface area contributed by atoms with E-state index in [2.05, 4.69) is 12.2 Å². The summed E-state index contributed by atoms with van der Waals surface area (Å²) in [5.41, 5.74) is 0.787. The molecule has 0 aromatic heterocycles. The lowest BCUT2D eigenvalue weighted by Gasteiger charge is -2.30. The normalized spacial score (nSPS) is 11.6. The summed E-state index contributed by atoms with van der Waals surface area (Å²) in [4.78, 5) is 27.4. The second-order valence-electron chi connectivity index (χ2n) is 7.48. The van der Waals surface area contributed by atoms with Crippen molar-refractivity contribution < 1.29 is 18.7 Å². The van der Waals surface area contributed by atoms with Crippen molar-refractivity contribution in [3.8, 4) is 5.75 Å². The first kappa shape index (κ1) is 24.4. The van der Waals surface area contributed by atoms with Crippen LogP contribution in [0.4, 0.5) is 4.39 Å². The van der Waals surface area contributed by atoms with Crippen molar-refractivity contribution in [1.29, 1.82) is 0 Å². The van der Waals surface area contributed by atoms with E-state index in [4.69, 9.17) is 4.74 Å². The Balaban J connectivity index is 2.02. The van der Waals surface area contributed by atoms with Crippen LogP contribution in [0.5, 0.6) is 5.75 Å². The van der Waals surface area contributed by atoms with Crippen molar-refractivity contribution >= 4 is 11.8 Å². The Kier molecular flexibility index (Phi) is 10.6. The molecule has 2 aromatic rings. The fraction of sp³-hybridized carbons (Fsp3) is 0.440. The van der Waals surface area contributed by atoms with E-state index in [1.165, 1.54) is 12.1 Å². The summed E-state index contributed by atoms with van der Waals surface area (Å²) >= 11 is 0. The molecule has 2 rings (SSSR count). The molecular weight excluding hydrogens is 395 g/mol. The maximum Gasteiger partial charge on any atom is 0.242 e. The van der Waals surface area contributed by atoms with Crippen LogP contribution in [-0.4, -0.2) is 35.9 Å². The third-order valence-corrected chi connectivity index (χ3v) is 5.03. The SMILES string of the molecule is CCCCNC(=O)C(CC)N(Cc1ccc(F)cc1)C(=O)CCCOc1ccccc1. The molecule has 168 valence electrons. The van der Waals surface area contributed by atoms with Crippen LogP contribution in [0.3, 0.4) is 0 Å². The highest BCUT2D eigenvalue weighted by Crippen LogP contribution is 2.16. The van der Waals surface area contributed by atoms with Crippen LogP contribution in [0.1, 0.15) is 51.5 Å². The maximum atomic E-state index is 13.3. The minimum absolute atomic E-state index is 0.113. The van der Waals surface area contributed by atoms with E-state index in [9.17, 15) is 14.0 Å². The van der Waals surface area contributed by atoms with E-state index in [0.29, 0.717) is 26.0 Å². The van der Waals surface area contributed by atoms with Crippen LogP contribution in [0, 0.1) is 5.82 Å². The number of carbonyl (C=O) groups is 2. The second kappa shape index (κ2) is 13.4. The number of nitrogens with zero attached hydrogens (tertiary/aromatic N) is 1. The molecule has 6 heteroatoms. The Bertz CT molecular complexity index is 796. The monoisotopic (exact) mass is 428 g/mol. The third-order valence-electron chi connectivity index (χ3n) is 5.03. The quantitative estimate of drug-likeness (QED) is 0.470. The molecule has 0 spiro atoms. The van der Waals surface area contributed by atoms with E-state index in [0.717, 1.165) is 24.2 Å². The molecule has 0 aliphatic carbocycles. The summed E-state index contributed by atoms with van der Waals surface area (Å²) in [7, 11) is 0. The highest BCUT2D eigenvalue weighted by Gasteiger charge is 2.28. The summed E-state index contributed by atoms with van der Waals surface area (Å²) in [6.07, 6.45) is 3.20. The Labute approximate surface area is 184 Å². The summed E-state index contributed by atoms with van der Waals surface area (Å²) in [6.45, 7) is 5.23. The van der Waals surface area contributed by atoms with Crippen LogP contribution >= 0.6 is 0 Å². The number of hydrogen-bond donors (Lipinski definition) is 1. The van der Waals surface area contributed by atoms with E-state index in [-0.39, 0.29) is 30.6 Å². The lowest BCUT2D eigenvalue weighted by Crippen LogP contribution is -2.49. The van der Waals surface area contributed by atoms with Gasteiger partial charge in [-0.2, -0.15) is 0 Å². The number of amides is 2. The molecule has 2 amide bonds. The maximum absolute atomic E-state index is 13.3. The molecule has 0 bridgehead atoms. The standard InChI is InChI=1S/C25H33FN2O3/c1-3-5-17-27-25(30)23(4-2)28(19-20-13-15-21(26)16-14-20)24(29)12-9-18-31-22-10-7-6-8-11-22/h6-8,10-11,13-16,23H,3-5,9,12,17-19H2,1-2H3,(H,27,30). The van der Waals surface area contributed by atoms with Crippen LogP contribution in [0.2, 0.25) is 0 Å². The number of halogens is 1. The predicted molar refractivity (Wildman–Crippen MR) is 120 cm³/mol. The van der Waals surface area contributed by atoms with Gasteiger partial charge in [0.1, 0.15) is 17.6 Å². The van der Waals surface area contributed by atoms with Crippen molar-refractivity contribution in [2.24, 2.45) is 0 Å². The van der Waals surface area contributed by atoms with Crippen LogP contribution < -0.4 is 10.1 Å². The molecule has 0 saturated carbocycles. The highest BCUT2D eigenvalue weighted by molar-refractivity contribution is 5.87. The molecule has 1 atom stereocenters. The molecule has 0 saturated heterocycles. The number of ether oxygens (including phenoxy) is 1. The molecule has 1 unspecified atom stereocenters. The number of nitrogens with one attached hydrogen (secondary N) is 1. The Hall–Kier alpha value is -2.89. The van der Waals surface area contributed by atoms with Crippen molar-refractivity contribution in [3.63, 3.8) is 0 Å². The molecule has 0 radical (unpaired) electrons. The van der Waals surface area contributed by atoms with Gasteiger partial charge in [0, 0.05) is 19.5 Å². The fourth-order valence-electron chi connectivity index (χ4n) is 3.29. The zero-order valence-corrected chi connectivity index (χ0v) is 18.5. The van der Waals surface area contributed by atoms with Crippen LogP contribution in [0.25, 0.3) is 0 Å². The van der Waals surface area contributed by atoms with Crippen molar-refractivity contribution in [2.45, 2.75) is 58.5 Å². The first-order valence-corrected chi connectivity index (χ1v) is 11.0. The number of benzene rings is 2. The topological polar surface area (TPSA) is 58.6 Å². The smallest absolute Gasteiger partial charge is 0.242 e.